The molecule has 6 nitrogen and oxygen atoms in total. The third-order valence-electron chi connectivity index (χ3n) is 7.85. The fourth-order valence-electron chi connectivity index (χ4n) is 5.43. The predicted octanol–water partition coefficient (Wildman–Crippen LogP) is 4.73. The van der Waals surface area contributed by atoms with Gasteiger partial charge in [-0.15, -0.1) is 0 Å². The van der Waals surface area contributed by atoms with Crippen LogP contribution in [0.5, 0.6) is 0 Å². The zero-order valence-electron chi connectivity index (χ0n) is 19.3. The number of aromatic nitrogens is 1. The Bertz CT molecular complexity index is 1210. The summed E-state index contributed by atoms with van der Waals surface area (Å²) in [5.74, 6) is -0.0143. The van der Waals surface area contributed by atoms with E-state index in [2.05, 4.69) is 19.2 Å². The van der Waals surface area contributed by atoms with Gasteiger partial charge in [0.1, 0.15) is 17.1 Å². The molecule has 3 aromatic rings. The van der Waals surface area contributed by atoms with Crippen LogP contribution in [0.4, 0.5) is 4.39 Å². The lowest BCUT2D eigenvalue weighted by molar-refractivity contribution is -0.134. The molecule has 174 valence electrons. The standard InChI is InChI=1S/C26H30FN3O3/c1-16-7-6-10-20(17(16)2)28-25(32)26(3)15-29-21-11-12-33-23(21)13-22(29)24(31)30(26)14-18-8-4-5-9-19(18)27/h4-5,8-9,11-13,16-17,20H,6-7,10,14-15H2,1-3H3,(H,28,32)/t16-,17-,20+,26+/m1/s1. The minimum Gasteiger partial charge on any atom is -0.463 e. The number of carbonyl (C=O) groups excluding carboxylic acids is 2. The number of carbonyl (C=O) groups is 2. The van der Waals surface area contributed by atoms with Crippen LogP contribution in [0.15, 0.2) is 47.1 Å². The molecule has 1 saturated carbocycles. The molecule has 0 saturated heterocycles. The highest BCUT2D eigenvalue weighted by molar-refractivity contribution is 6.02. The Morgan fingerprint density at radius 1 is 1.24 bits per heavy atom. The Kier molecular flexibility index (Phi) is 5.30. The zero-order chi connectivity index (χ0) is 23.3. The number of halogens is 1. The van der Waals surface area contributed by atoms with Gasteiger partial charge in [0.25, 0.3) is 5.91 Å². The first-order chi connectivity index (χ1) is 15.8. The van der Waals surface area contributed by atoms with Gasteiger partial charge in [0, 0.05) is 23.7 Å². The molecule has 2 aromatic heterocycles. The van der Waals surface area contributed by atoms with Crippen LogP contribution in [0.2, 0.25) is 0 Å². The lowest BCUT2D eigenvalue weighted by Crippen LogP contribution is -2.65. The number of nitrogens with zero attached hydrogens (tertiary/aromatic N) is 2. The van der Waals surface area contributed by atoms with Crippen molar-refractivity contribution in [2.75, 3.05) is 0 Å². The topological polar surface area (TPSA) is 67.5 Å². The quantitative estimate of drug-likeness (QED) is 0.624. The van der Waals surface area contributed by atoms with Gasteiger partial charge in [0.15, 0.2) is 5.58 Å². The molecule has 1 aromatic carbocycles. The van der Waals surface area contributed by atoms with Gasteiger partial charge in [0.2, 0.25) is 5.91 Å². The summed E-state index contributed by atoms with van der Waals surface area (Å²) < 4.78 is 21.9. The van der Waals surface area contributed by atoms with E-state index in [9.17, 15) is 14.0 Å². The van der Waals surface area contributed by atoms with Gasteiger partial charge >= 0.3 is 0 Å². The Morgan fingerprint density at radius 3 is 2.82 bits per heavy atom. The van der Waals surface area contributed by atoms with Crippen molar-refractivity contribution in [3.63, 3.8) is 0 Å². The van der Waals surface area contributed by atoms with Crippen molar-refractivity contribution in [3.8, 4) is 0 Å². The summed E-state index contributed by atoms with van der Waals surface area (Å²) in [6.07, 6.45) is 4.74. The summed E-state index contributed by atoms with van der Waals surface area (Å²) in [5.41, 5.74) is 1.03. The third kappa shape index (κ3) is 3.54. The number of fused-ring (bicyclic) bond motifs is 3. The van der Waals surface area contributed by atoms with E-state index < -0.39 is 11.4 Å². The van der Waals surface area contributed by atoms with Crippen LogP contribution in [-0.4, -0.2) is 32.9 Å². The highest BCUT2D eigenvalue weighted by Crippen LogP contribution is 2.35. The second-order valence-electron chi connectivity index (χ2n) is 9.89. The van der Waals surface area contributed by atoms with Crippen molar-refractivity contribution in [1.82, 2.24) is 14.8 Å². The van der Waals surface area contributed by atoms with Crippen LogP contribution in [0, 0.1) is 17.7 Å². The summed E-state index contributed by atoms with van der Waals surface area (Å²) in [5, 5.41) is 3.26. The van der Waals surface area contributed by atoms with E-state index in [-0.39, 0.29) is 30.9 Å². The molecule has 2 amide bonds. The van der Waals surface area contributed by atoms with Crippen molar-refractivity contribution < 1.29 is 18.4 Å². The number of furan rings is 1. The average molecular weight is 452 g/mol. The van der Waals surface area contributed by atoms with Crippen molar-refractivity contribution in [1.29, 1.82) is 0 Å². The number of nitrogens with one attached hydrogen (secondary N) is 1. The van der Waals surface area contributed by atoms with Crippen LogP contribution in [-0.2, 0) is 17.9 Å². The molecule has 1 fully saturated rings. The van der Waals surface area contributed by atoms with Gasteiger partial charge in [-0.2, -0.15) is 0 Å². The van der Waals surface area contributed by atoms with Crippen LogP contribution >= 0.6 is 0 Å². The first kappa shape index (κ1) is 21.7. The fraction of sp³-hybridized carbons (Fsp3) is 0.462. The maximum atomic E-state index is 14.5. The smallest absolute Gasteiger partial charge is 0.271 e. The molecule has 33 heavy (non-hydrogen) atoms. The minimum absolute atomic E-state index is 0.0125. The van der Waals surface area contributed by atoms with Crippen LogP contribution in [0.25, 0.3) is 11.1 Å². The maximum absolute atomic E-state index is 14.5. The monoisotopic (exact) mass is 451 g/mol. The molecule has 0 radical (unpaired) electrons. The van der Waals surface area contributed by atoms with Crippen molar-refractivity contribution in [2.45, 2.75) is 64.7 Å². The zero-order valence-corrected chi connectivity index (χ0v) is 19.3. The molecule has 1 aliphatic carbocycles. The summed E-state index contributed by atoms with van der Waals surface area (Å²) >= 11 is 0. The minimum atomic E-state index is -1.18. The van der Waals surface area contributed by atoms with Crippen LogP contribution < -0.4 is 5.32 Å². The number of hydrogen-bond acceptors (Lipinski definition) is 3. The van der Waals surface area contributed by atoms with E-state index in [1.165, 1.54) is 11.0 Å². The van der Waals surface area contributed by atoms with Crippen molar-refractivity contribution in [3.05, 3.63) is 59.7 Å². The maximum Gasteiger partial charge on any atom is 0.271 e. The lowest BCUT2D eigenvalue weighted by atomic mass is 9.77. The normalized spacial score (nSPS) is 27.6. The van der Waals surface area contributed by atoms with E-state index in [4.69, 9.17) is 4.42 Å². The van der Waals surface area contributed by atoms with Gasteiger partial charge in [0.05, 0.1) is 24.9 Å². The van der Waals surface area contributed by atoms with Gasteiger partial charge in [-0.05, 0) is 31.2 Å². The molecule has 4 atom stereocenters. The van der Waals surface area contributed by atoms with E-state index in [1.54, 1.807) is 37.5 Å². The number of amides is 2. The largest absolute Gasteiger partial charge is 0.463 e. The number of hydrogen-bond donors (Lipinski definition) is 1. The third-order valence-corrected chi connectivity index (χ3v) is 7.85. The SMILES string of the molecule is C[C@@H]1[C@H](C)CCC[C@@H]1NC(=O)[C@]1(C)Cn2c(cc3occc32)C(=O)N1Cc1ccccc1F. The second kappa shape index (κ2) is 8.04. The molecule has 3 heterocycles. The van der Waals surface area contributed by atoms with Crippen LogP contribution in [0.1, 0.15) is 56.1 Å². The summed E-state index contributed by atoms with van der Waals surface area (Å²) in [7, 11) is 0. The summed E-state index contributed by atoms with van der Waals surface area (Å²) in [6, 6.07) is 9.96. The average Bonchev–Trinajstić information content (AvgIpc) is 3.38. The molecule has 1 N–H and O–H groups in total. The number of rotatable bonds is 4. The Morgan fingerprint density at radius 2 is 2.03 bits per heavy atom. The molecule has 7 heteroatoms. The molecule has 0 unspecified atom stereocenters. The Labute approximate surface area is 192 Å². The van der Waals surface area contributed by atoms with Crippen molar-refractivity contribution in [2.24, 2.45) is 11.8 Å². The lowest BCUT2D eigenvalue weighted by Gasteiger charge is -2.45. The van der Waals surface area contributed by atoms with Crippen molar-refractivity contribution >= 4 is 22.9 Å². The molecule has 2 aliphatic rings. The predicted molar refractivity (Wildman–Crippen MR) is 123 cm³/mol. The molecule has 1 aliphatic heterocycles. The highest BCUT2D eigenvalue weighted by atomic mass is 19.1. The van der Waals surface area contributed by atoms with E-state index >= 15 is 0 Å². The van der Waals surface area contributed by atoms with E-state index in [0.717, 1.165) is 24.8 Å². The van der Waals surface area contributed by atoms with Gasteiger partial charge in [-0.3, -0.25) is 9.59 Å². The van der Waals surface area contributed by atoms with Gasteiger partial charge in [-0.1, -0.05) is 44.9 Å². The van der Waals surface area contributed by atoms with E-state index in [1.807, 2.05) is 10.6 Å². The molecule has 0 bridgehead atoms. The molecule has 0 spiro atoms. The fourth-order valence-corrected chi connectivity index (χ4v) is 5.43. The molecular formula is C26H30FN3O3. The second-order valence-corrected chi connectivity index (χ2v) is 9.89. The number of benzene rings is 1. The Hall–Kier alpha value is -3.09. The van der Waals surface area contributed by atoms with E-state index in [0.29, 0.717) is 28.7 Å². The highest BCUT2D eigenvalue weighted by Gasteiger charge is 2.49. The van der Waals surface area contributed by atoms with Gasteiger partial charge < -0.3 is 19.2 Å². The summed E-state index contributed by atoms with van der Waals surface area (Å²) in [4.78, 5) is 29.1. The molecular weight excluding hydrogens is 421 g/mol. The first-order valence-corrected chi connectivity index (χ1v) is 11.7. The first-order valence-electron chi connectivity index (χ1n) is 11.7. The Balaban J connectivity index is 1.54. The molecule has 5 rings (SSSR count). The van der Waals surface area contributed by atoms with Gasteiger partial charge in [-0.25, -0.2) is 4.39 Å². The van der Waals surface area contributed by atoms with Crippen LogP contribution in [0.3, 0.4) is 0 Å². The summed E-state index contributed by atoms with van der Waals surface area (Å²) in [6.45, 7) is 6.47.